The first kappa shape index (κ1) is 20.4. The molecular weight excluding hydrogens is 391 g/mol. The van der Waals surface area contributed by atoms with E-state index in [4.69, 9.17) is 0 Å². The summed E-state index contributed by atoms with van der Waals surface area (Å²) in [6.07, 6.45) is 2.41. The molecule has 9 heteroatoms. The number of rotatable bonds is 6. The second-order valence-corrected chi connectivity index (χ2v) is 8.88. The lowest BCUT2D eigenvalue weighted by Crippen LogP contribution is -2.39. The zero-order valence-corrected chi connectivity index (χ0v) is 16.3. The molecule has 0 amide bonds. The number of para-hydroxylation sites is 1. The van der Waals surface area contributed by atoms with Crippen LogP contribution in [0.2, 0.25) is 0 Å². The van der Waals surface area contributed by atoms with Crippen LogP contribution in [-0.4, -0.2) is 38.3 Å². The summed E-state index contributed by atoms with van der Waals surface area (Å²) in [6, 6.07) is 8.65. The molecule has 1 aromatic heterocycles. The SMILES string of the molecule is C[C@@H]1CCCCN1c1nc(F)c(F)c(S(=O)(=O)CCNc2ccccc2)c1F. The smallest absolute Gasteiger partial charge is 0.252 e. The first-order chi connectivity index (χ1) is 13.3. The molecule has 1 saturated heterocycles. The van der Waals surface area contributed by atoms with Gasteiger partial charge in [0, 0.05) is 24.8 Å². The Morgan fingerprint density at radius 2 is 1.86 bits per heavy atom. The molecule has 2 heterocycles. The van der Waals surface area contributed by atoms with E-state index in [-0.39, 0.29) is 12.6 Å². The van der Waals surface area contributed by atoms with Gasteiger partial charge in [-0.2, -0.15) is 9.37 Å². The fourth-order valence-electron chi connectivity index (χ4n) is 3.35. The van der Waals surface area contributed by atoms with Crippen LogP contribution in [-0.2, 0) is 9.84 Å². The summed E-state index contributed by atoms with van der Waals surface area (Å²) in [5.74, 6) is -5.74. The number of pyridine rings is 1. The molecule has 0 radical (unpaired) electrons. The number of aromatic nitrogens is 1. The minimum absolute atomic E-state index is 0.0788. The second-order valence-electron chi connectivity index (χ2n) is 6.83. The Morgan fingerprint density at radius 1 is 1.14 bits per heavy atom. The maximum atomic E-state index is 15.0. The van der Waals surface area contributed by atoms with Crippen molar-refractivity contribution < 1.29 is 21.6 Å². The van der Waals surface area contributed by atoms with Gasteiger partial charge in [-0.25, -0.2) is 17.2 Å². The molecule has 1 N–H and O–H groups in total. The number of anilines is 2. The van der Waals surface area contributed by atoms with E-state index in [9.17, 15) is 17.2 Å². The molecule has 0 saturated carbocycles. The first-order valence-corrected chi connectivity index (χ1v) is 10.8. The third kappa shape index (κ3) is 4.24. The standard InChI is InChI=1S/C19H22F3N3O2S/c1-13-7-5-6-11-25(13)19-16(21)17(15(20)18(22)24-19)28(26,27)12-10-23-14-8-3-2-4-9-14/h2-4,8-9,13,23H,5-7,10-12H2,1H3/t13-/m1/s1. The van der Waals surface area contributed by atoms with E-state index in [1.54, 1.807) is 30.3 Å². The summed E-state index contributed by atoms with van der Waals surface area (Å²) >= 11 is 0. The van der Waals surface area contributed by atoms with E-state index < -0.39 is 43.9 Å². The van der Waals surface area contributed by atoms with Crippen molar-refractivity contribution in [2.24, 2.45) is 0 Å². The predicted molar refractivity (Wildman–Crippen MR) is 102 cm³/mol. The van der Waals surface area contributed by atoms with Crippen molar-refractivity contribution in [3.63, 3.8) is 0 Å². The third-order valence-corrected chi connectivity index (χ3v) is 6.56. The van der Waals surface area contributed by atoms with Gasteiger partial charge < -0.3 is 10.2 Å². The van der Waals surface area contributed by atoms with Gasteiger partial charge >= 0.3 is 0 Å². The van der Waals surface area contributed by atoms with Crippen LogP contribution in [0.15, 0.2) is 35.2 Å². The van der Waals surface area contributed by atoms with E-state index in [1.807, 2.05) is 6.92 Å². The molecule has 1 fully saturated rings. The maximum Gasteiger partial charge on any atom is 0.252 e. The average Bonchev–Trinajstić information content (AvgIpc) is 2.66. The molecule has 1 atom stereocenters. The predicted octanol–water partition coefficient (Wildman–Crippen LogP) is 3.76. The summed E-state index contributed by atoms with van der Waals surface area (Å²) in [6.45, 7) is 2.15. The molecule has 1 aliphatic rings. The van der Waals surface area contributed by atoms with Crippen LogP contribution in [0.4, 0.5) is 24.7 Å². The van der Waals surface area contributed by atoms with Crippen molar-refractivity contribution in [1.29, 1.82) is 0 Å². The summed E-state index contributed by atoms with van der Waals surface area (Å²) in [4.78, 5) is 3.63. The topological polar surface area (TPSA) is 62.3 Å². The fraction of sp³-hybridized carbons (Fsp3) is 0.421. The Morgan fingerprint density at radius 3 is 2.54 bits per heavy atom. The number of benzene rings is 1. The van der Waals surface area contributed by atoms with Crippen LogP contribution in [0.5, 0.6) is 0 Å². The minimum atomic E-state index is -4.41. The number of hydrogen-bond donors (Lipinski definition) is 1. The van der Waals surface area contributed by atoms with Gasteiger partial charge in [-0.3, -0.25) is 0 Å². The Kier molecular flexibility index (Phi) is 6.12. The highest BCUT2D eigenvalue weighted by Crippen LogP contribution is 2.31. The molecule has 152 valence electrons. The number of halogens is 3. The van der Waals surface area contributed by atoms with Crippen LogP contribution in [0.25, 0.3) is 0 Å². The monoisotopic (exact) mass is 413 g/mol. The molecule has 2 aromatic rings. The van der Waals surface area contributed by atoms with Crippen molar-refractivity contribution >= 4 is 21.3 Å². The molecule has 28 heavy (non-hydrogen) atoms. The second kappa shape index (κ2) is 8.38. The van der Waals surface area contributed by atoms with E-state index >= 15 is 4.39 Å². The summed E-state index contributed by atoms with van der Waals surface area (Å²) in [5.41, 5.74) is 0.669. The van der Waals surface area contributed by atoms with Crippen LogP contribution >= 0.6 is 0 Å². The van der Waals surface area contributed by atoms with E-state index in [1.165, 1.54) is 4.90 Å². The van der Waals surface area contributed by atoms with Crippen molar-refractivity contribution in [2.75, 3.05) is 29.1 Å². The molecule has 0 spiro atoms. The Labute approximate surface area is 162 Å². The van der Waals surface area contributed by atoms with Crippen molar-refractivity contribution in [3.05, 3.63) is 47.9 Å². The molecule has 0 unspecified atom stereocenters. The molecule has 0 bridgehead atoms. The lowest BCUT2D eigenvalue weighted by molar-refractivity contribution is 0.417. The number of hydrogen-bond acceptors (Lipinski definition) is 5. The van der Waals surface area contributed by atoms with E-state index in [2.05, 4.69) is 10.3 Å². The highest BCUT2D eigenvalue weighted by Gasteiger charge is 2.33. The lowest BCUT2D eigenvalue weighted by Gasteiger charge is -2.34. The molecule has 1 aliphatic heterocycles. The van der Waals surface area contributed by atoms with Gasteiger partial charge in [0.15, 0.2) is 27.3 Å². The first-order valence-electron chi connectivity index (χ1n) is 9.14. The van der Waals surface area contributed by atoms with E-state index in [0.717, 1.165) is 19.3 Å². The van der Waals surface area contributed by atoms with Crippen LogP contribution in [0.1, 0.15) is 26.2 Å². The highest BCUT2D eigenvalue weighted by atomic mass is 32.2. The Balaban J connectivity index is 1.89. The zero-order valence-electron chi connectivity index (χ0n) is 15.5. The third-order valence-electron chi connectivity index (χ3n) is 4.84. The van der Waals surface area contributed by atoms with Crippen molar-refractivity contribution in [3.8, 4) is 0 Å². The quantitative estimate of drug-likeness (QED) is 0.731. The van der Waals surface area contributed by atoms with Gasteiger partial charge in [-0.1, -0.05) is 18.2 Å². The number of piperidine rings is 1. The molecular formula is C19H22F3N3O2S. The Hall–Kier alpha value is -2.29. The summed E-state index contributed by atoms with van der Waals surface area (Å²) < 4.78 is 68.5. The Bertz CT molecular complexity index is 939. The molecule has 1 aromatic carbocycles. The summed E-state index contributed by atoms with van der Waals surface area (Å²) in [5, 5.41) is 2.87. The lowest BCUT2D eigenvalue weighted by atomic mass is 10.0. The van der Waals surface area contributed by atoms with Crippen LogP contribution in [0, 0.1) is 17.6 Å². The van der Waals surface area contributed by atoms with Crippen molar-refractivity contribution in [1.82, 2.24) is 4.98 Å². The fourth-order valence-corrected chi connectivity index (χ4v) is 4.64. The van der Waals surface area contributed by atoms with E-state index in [0.29, 0.717) is 12.2 Å². The number of sulfone groups is 1. The van der Waals surface area contributed by atoms with Crippen LogP contribution < -0.4 is 10.2 Å². The maximum absolute atomic E-state index is 15.0. The molecule has 5 nitrogen and oxygen atoms in total. The van der Waals surface area contributed by atoms with Crippen LogP contribution in [0.3, 0.4) is 0 Å². The summed E-state index contributed by atoms with van der Waals surface area (Å²) in [7, 11) is -4.41. The van der Waals surface area contributed by atoms with Gasteiger partial charge in [-0.05, 0) is 38.3 Å². The van der Waals surface area contributed by atoms with Crippen molar-refractivity contribution in [2.45, 2.75) is 37.1 Å². The van der Waals surface area contributed by atoms with Gasteiger partial charge in [0.25, 0.3) is 5.95 Å². The van der Waals surface area contributed by atoms with Gasteiger partial charge in [0.05, 0.1) is 5.75 Å². The van der Waals surface area contributed by atoms with Gasteiger partial charge in [0.1, 0.15) is 4.90 Å². The molecule has 0 aliphatic carbocycles. The number of nitrogens with zero attached hydrogens (tertiary/aromatic N) is 2. The minimum Gasteiger partial charge on any atom is -0.384 e. The average molecular weight is 413 g/mol. The van der Waals surface area contributed by atoms with Gasteiger partial charge in [-0.15, -0.1) is 0 Å². The highest BCUT2D eigenvalue weighted by molar-refractivity contribution is 7.91. The van der Waals surface area contributed by atoms with Gasteiger partial charge in [0.2, 0.25) is 0 Å². The zero-order chi connectivity index (χ0) is 20.3. The normalized spacial score (nSPS) is 17.6. The number of nitrogens with one attached hydrogen (secondary N) is 1. The molecule has 3 rings (SSSR count). The largest absolute Gasteiger partial charge is 0.384 e.